The van der Waals surface area contributed by atoms with E-state index in [-0.39, 0.29) is 28.9 Å². The molecule has 0 bridgehead atoms. The third-order valence-electron chi connectivity index (χ3n) is 3.89. The number of benzene rings is 1. The summed E-state index contributed by atoms with van der Waals surface area (Å²) in [6.45, 7) is 1.37. The molecule has 0 aliphatic rings. The Morgan fingerprint density at radius 1 is 1.23 bits per heavy atom. The number of anilines is 3. The first-order valence-corrected chi connectivity index (χ1v) is 8.49. The Morgan fingerprint density at radius 3 is 2.45 bits per heavy atom. The number of carbonyl (C=O) groups is 2. The standard InChI is InChI=1S/C18H17F3N6O4/c1-8(24-13-12(7-22)15(30-2)27-17(23)26-13)14(28)25-11-5-9(16(29)31-3)4-10(6-11)18(19,20)21/h4-6,8H,1-3H3,(H,25,28)(H3,23,24,26,27)/t8-/m0/s1. The summed E-state index contributed by atoms with van der Waals surface area (Å²) in [5.41, 5.74) is 3.60. The Hall–Kier alpha value is -4.08. The highest BCUT2D eigenvalue weighted by Gasteiger charge is 2.32. The van der Waals surface area contributed by atoms with Gasteiger partial charge in [0.1, 0.15) is 12.1 Å². The largest absolute Gasteiger partial charge is 0.480 e. The molecule has 164 valence electrons. The van der Waals surface area contributed by atoms with Gasteiger partial charge in [0.15, 0.2) is 11.4 Å². The molecule has 4 N–H and O–H groups in total. The molecule has 1 amide bonds. The van der Waals surface area contributed by atoms with E-state index in [0.717, 1.165) is 13.2 Å². The van der Waals surface area contributed by atoms with Gasteiger partial charge < -0.3 is 25.8 Å². The van der Waals surface area contributed by atoms with Crippen LogP contribution in [0.2, 0.25) is 0 Å². The molecular weight excluding hydrogens is 421 g/mol. The van der Waals surface area contributed by atoms with Crippen molar-refractivity contribution < 1.29 is 32.2 Å². The molecule has 2 aromatic rings. The molecule has 1 atom stereocenters. The molecule has 0 spiro atoms. The Bertz CT molecular complexity index is 1050. The van der Waals surface area contributed by atoms with Crippen molar-refractivity contribution >= 4 is 29.3 Å². The van der Waals surface area contributed by atoms with E-state index < -0.39 is 35.2 Å². The van der Waals surface area contributed by atoms with Gasteiger partial charge in [0, 0.05) is 5.69 Å². The molecule has 0 aliphatic heterocycles. The highest BCUT2D eigenvalue weighted by atomic mass is 19.4. The Morgan fingerprint density at radius 2 is 1.90 bits per heavy atom. The molecule has 10 nitrogen and oxygen atoms in total. The van der Waals surface area contributed by atoms with Gasteiger partial charge in [-0.2, -0.15) is 28.4 Å². The monoisotopic (exact) mass is 438 g/mol. The number of halogens is 3. The minimum atomic E-state index is -4.76. The van der Waals surface area contributed by atoms with Crippen LogP contribution in [0.3, 0.4) is 0 Å². The summed E-state index contributed by atoms with van der Waals surface area (Å²) in [7, 11) is 2.27. The third kappa shape index (κ3) is 5.50. The van der Waals surface area contributed by atoms with Gasteiger partial charge in [-0.3, -0.25) is 4.79 Å². The molecule has 0 saturated carbocycles. The Balaban J connectivity index is 2.31. The quantitative estimate of drug-likeness (QED) is 0.576. The van der Waals surface area contributed by atoms with Gasteiger partial charge in [0.25, 0.3) is 0 Å². The molecule has 0 aliphatic carbocycles. The number of alkyl halides is 3. The summed E-state index contributed by atoms with van der Waals surface area (Å²) in [5.74, 6) is -2.24. The second-order valence-corrected chi connectivity index (χ2v) is 6.07. The maximum atomic E-state index is 13.1. The lowest BCUT2D eigenvalue weighted by Gasteiger charge is -2.17. The lowest BCUT2D eigenvalue weighted by molar-refractivity contribution is -0.137. The van der Waals surface area contributed by atoms with E-state index in [0.29, 0.717) is 12.1 Å². The predicted molar refractivity (Wildman–Crippen MR) is 102 cm³/mol. The van der Waals surface area contributed by atoms with Crippen LogP contribution in [0.4, 0.5) is 30.6 Å². The number of hydrogen-bond acceptors (Lipinski definition) is 9. The first kappa shape index (κ1) is 23.2. The first-order valence-electron chi connectivity index (χ1n) is 8.49. The van der Waals surface area contributed by atoms with Crippen molar-refractivity contribution in [3.05, 3.63) is 34.9 Å². The van der Waals surface area contributed by atoms with Crippen molar-refractivity contribution in [2.24, 2.45) is 0 Å². The zero-order valence-electron chi connectivity index (χ0n) is 16.5. The smallest absolute Gasteiger partial charge is 0.416 e. The van der Waals surface area contributed by atoms with Crippen molar-refractivity contribution in [1.29, 1.82) is 5.26 Å². The van der Waals surface area contributed by atoms with E-state index >= 15 is 0 Å². The van der Waals surface area contributed by atoms with Crippen LogP contribution >= 0.6 is 0 Å². The number of rotatable bonds is 6. The first-order chi connectivity index (χ1) is 14.5. The number of nitrogens with two attached hydrogens (primary N) is 1. The number of amides is 1. The van der Waals surface area contributed by atoms with E-state index in [4.69, 9.17) is 10.5 Å². The van der Waals surface area contributed by atoms with Crippen LogP contribution in [-0.4, -0.2) is 42.1 Å². The topological polar surface area (TPSA) is 152 Å². The van der Waals surface area contributed by atoms with Crippen molar-refractivity contribution in [2.45, 2.75) is 19.1 Å². The lowest BCUT2D eigenvalue weighted by Crippen LogP contribution is -2.33. The maximum Gasteiger partial charge on any atom is 0.416 e. The maximum absolute atomic E-state index is 13.1. The third-order valence-corrected chi connectivity index (χ3v) is 3.89. The molecule has 0 radical (unpaired) electrons. The molecule has 31 heavy (non-hydrogen) atoms. The zero-order valence-corrected chi connectivity index (χ0v) is 16.5. The Kier molecular flexibility index (Phi) is 6.86. The predicted octanol–water partition coefficient (Wildman–Crippen LogP) is 2.18. The van der Waals surface area contributed by atoms with Gasteiger partial charge in [-0.05, 0) is 25.1 Å². The van der Waals surface area contributed by atoms with E-state index in [2.05, 4.69) is 25.3 Å². The number of methoxy groups -OCH3 is 2. The van der Waals surface area contributed by atoms with Crippen LogP contribution in [0.1, 0.15) is 28.4 Å². The molecule has 2 rings (SSSR count). The number of hydrogen-bond donors (Lipinski definition) is 3. The van der Waals surface area contributed by atoms with Crippen molar-refractivity contribution in [3.63, 3.8) is 0 Å². The molecule has 13 heteroatoms. The summed E-state index contributed by atoms with van der Waals surface area (Å²) in [4.78, 5) is 31.8. The minimum Gasteiger partial charge on any atom is -0.480 e. The van der Waals surface area contributed by atoms with Crippen molar-refractivity contribution in [3.8, 4) is 11.9 Å². The van der Waals surface area contributed by atoms with Gasteiger partial charge in [0.2, 0.25) is 17.7 Å². The fourth-order valence-corrected chi connectivity index (χ4v) is 2.43. The highest BCUT2D eigenvalue weighted by Crippen LogP contribution is 2.32. The molecule has 1 heterocycles. The second kappa shape index (κ2) is 9.16. The van der Waals surface area contributed by atoms with Gasteiger partial charge in [-0.15, -0.1) is 0 Å². The van der Waals surface area contributed by atoms with Crippen LogP contribution in [0.25, 0.3) is 0 Å². The normalized spacial score (nSPS) is 11.8. The summed E-state index contributed by atoms with van der Waals surface area (Å²) >= 11 is 0. The number of esters is 1. The van der Waals surface area contributed by atoms with Crippen LogP contribution in [0.15, 0.2) is 18.2 Å². The summed E-state index contributed by atoms with van der Waals surface area (Å²) in [6, 6.07) is 3.05. The fourth-order valence-electron chi connectivity index (χ4n) is 2.43. The number of aromatic nitrogens is 2. The van der Waals surface area contributed by atoms with Gasteiger partial charge >= 0.3 is 12.1 Å². The summed E-state index contributed by atoms with van der Waals surface area (Å²) in [5, 5.41) is 14.2. The van der Waals surface area contributed by atoms with E-state index in [9.17, 15) is 28.0 Å². The van der Waals surface area contributed by atoms with Crippen LogP contribution in [0.5, 0.6) is 5.88 Å². The average Bonchev–Trinajstić information content (AvgIpc) is 2.71. The molecule has 1 aromatic heterocycles. The second-order valence-electron chi connectivity index (χ2n) is 6.07. The molecule has 0 fully saturated rings. The van der Waals surface area contributed by atoms with E-state index in [1.54, 1.807) is 0 Å². The molecule has 0 saturated heterocycles. The van der Waals surface area contributed by atoms with Crippen molar-refractivity contribution in [2.75, 3.05) is 30.6 Å². The number of nitriles is 1. The number of nitrogens with zero attached hydrogens (tertiary/aromatic N) is 3. The highest BCUT2D eigenvalue weighted by molar-refractivity contribution is 5.98. The number of nitrogen functional groups attached to an aromatic ring is 1. The van der Waals surface area contributed by atoms with Crippen LogP contribution in [-0.2, 0) is 15.7 Å². The van der Waals surface area contributed by atoms with Crippen LogP contribution in [0, 0.1) is 11.3 Å². The van der Waals surface area contributed by atoms with Gasteiger partial charge in [-0.1, -0.05) is 0 Å². The van der Waals surface area contributed by atoms with E-state index in [1.807, 2.05) is 6.07 Å². The van der Waals surface area contributed by atoms with E-state index in [1.165, 1.54) is 14.0 Å². The number of carbonyl (C=O) groups excluding carboxylic acids is 2. The number of nitrogens with one attached hydrogen (secondary N) is 2. The Labute approximate surface area is 174 Å². The van der Waals surface area contributed by atoms with Gasteiger partial charge in [0.05, 0.1) is 25.3 Å². The summed E-state index contributed by atoms with van der Waals surface area (Å²) in [6.07, 6.45) is -4.76. The molecule has 0 unspecified atom stereocenters. The van der Waals surface area contributed by atoms with Gasteiger partial charge in [-0.25, -0.2) is 4.79 Å². The minimum absolute atomic E-state index is 0.103. The van der Waals surface area contributed by atoms with Crippen molar-refractivity contribution in [1.82, 2.24) is 9.97 Å². The molecular formula is C18H17F3N6O4. The summed E-state index contributed by atoms with van der Waals surface area (Å²) < 4.78 is 48.8. The van der Waals surface area contributed by atoms with Crippen LogP contribution < -0.4 is 21.1 Å². The lowest BCUT2D eigenvalue weighted by atomic mass is 10.1. The average molecular weight is 438 g/mol. The fraction of sp³-hybridized carbons (Fsp3) is 0.278. The number of ether oxygens (including phenoxy) is 2. The SMILES string of the molecule is COC(=O)c1cc(NC(=O)[C@H](C)Nc2nc(N)nc(OC)c2C#N)cc(C(F)(F)F)c1. The zero-order chi connectivity index (χ0) is 23.3. The molecule has 1 aromatic carbocycles.